The molecule has 0 spiro atoms. The standard InChI is InChI=1S/C21H23NO4/c1-13-5-7-17(9-15(13)3)19(23)12-26-20(24)11-22-21(25)18-8-6-14(2)16(4)10-18/h5-10H,11-12H2,1-4H3,(H,22,25). The summed E-state index contributed by atoms with van der Waals surface area (Å²) in [6, 6.07) is 10.7. The summed E-state index contributed by atoms with van der Waals surface area (Å²) < 4.78 is 4.95. The van der Waals surface area contributed by atoms with E-state index in [1.165, 1.54) is 0 Å². The molecular formula is C21H23NO4. The van der Waals surface area contributed by atoms with Crippen LogP contribution in [0.5, 0.6) is 0 Å². The molecule has 26 heavy (non-hydrogen) atoms. The number of hydrogen-bond acceptors (Lipinski definition) is 4. The van der Waals surface area contributed by atoms with Crippen molar-refractivity contribution in [3.63, 3.8) is 0 Å². The Morgan fingerprint density at radius 1 is 0.808 bits per heavy atom. The average molecular weight is 353 g/mol. The fourth-order valence-electron chi connectivity index (χ4n) is 2.33. The molecule has 2 rings (SSSR count). The van der Waals surface area contributed by atoms with Crippen molar-refractivity contribution < 1.29 is 19.1 Å². The van der Waals surface area contributed by atoms with Crippen LogP contribution in [0, 0.1) is 27.7 Å². The van der Waals surface area contributed by atoms with Crippen molar-refractivity contribution in [3.8, 4) is 0 Å². The minimum absolute atomic E-state index is 0.276. The molecule has 2 aromatic carbocycles. The lowest BCUT2D eigenvalue weighted by molar-refractivity contribution is -0.141. The Morgan fingerprint density at radius 3 is 1.92 bits per heavy atom. The maximum atomic E-state index is 12.1. The van der Waals surface area contributed by atoms with E-state index in [-0.39, 0.29) is 24.8 Å². The zero-order valence-corrected chi connectivity index (χ0v) is 15.5. The van der Waals surface area contributed by atoms with Crippen LogP contribution >= 0.6 is 0 Å². The number of ether oxygens (including phenoxy) is 1. The van der Waals surface area contributed by atoms with E-state index in [0.717, 1.165) is 22.3 Å². The van der Waals surface area contributed by atoms with Crippen LogP contribution in [0.4, 0.5) is 0 Å². The third-order valence-electron chi connectivity index (χ3n) is 4.36. The molecule has 0 fully saturated rings. The second kappa shape index (κ2) is 8.43. The number of hydrogen-bond donors (Lipinski definition) is 1. The molecule has 136 valence electrons. The van der Waals surface area contributed by atoms with E-state index in [0.29, 0.717) is 11.1 Å². The average Bonchev–Trinajstić information content (AvgIpc) is 2.62. The van der Waals surface area contributed by atoms with Crippen LogP contribution in [-0.4, -0.2) is 30.8 Å². The number of benzene rings is 2. The minimum atomic E-state index is -0.653. The first kappa shape index (κ1) is 19.4. The minimum Gasteiger partial charge on any atom is -0.456 e. The first-order valence-corrected chi connectivity index (χ1v) is 8.39. The Labute approximate surface area is 153 Å². The third kappa shape index (κ3) is 5.02. The van der Waals surface area contributed by atoms with E-state index in [2.05, 4.69) is 5.32 Å². The van der Waals surface area contributed by atoms with Gasteiger partial charge in [-0.15, -0.1) is 0 Å². The summed E-state index contributed by atoms with van der Waals surface area (Å²) in [4.78, 5) is 35.9. The molecule has 5 heteroatoms. The summed E-state index contributed by atoms with van der Waals surface area (Å²) >= 11 is 0. The van der Waals surface area contributed by atoms with Gasteiger partial charge in [0.25, 0.3) is 5.91 Å². The van der Waals surface area contributed by atoms with Crippen LogP contribution in [-0.2, 0) is 9.53 Å². The van der Waals surface area contributed by atoms with Crippen molar-refractivity contribution in [2.24, 2.45) is 0 Å². The van der Waals surface area contributed by atoms with Gasteiger partial charge in [0.1, 0.15) is 6.54 Å². The molecule has 0 aliphatic rings. The van der Waals surface area contributed by atoms with Crippen LogP contribution in [0.3, 0.4) is 0 Å². The molecule has 2 aromatic rings. The van der Waals surface area contributed by atoms with Crippen LogP contribution in [0.2, 0.25) is 0 Å². The van der Waals surface area contributed by atoms with Crippen molar-refractivity contribution in [2.45, 2.75) is 27.7 Å². The molecule has 0 heterocycles. The van der Waals surface area contributed by atoms with Crippen molar-refractivity contribution in [1.29, 1.82) is 0 Å². The predicted octanol–water partition coefficient (Wildman–Crippen LogP) is 3.08. The molecule has 0 aromatic heterocycles. The number of carbonyl (C=O) groups is 3. The fraction of sp³-hybridized carbons (Fsp3) is 0.286. The topological polar surface area (TPSA) is 72.5 Å². The number of ketones is 1. The molecule has 0 saturated heterocycles. The molecule has 0 saturated carbocycles. The number of nitrogens with one attached hydrogen (secondary N) is 1. The summed E-state index contributed by atoms with van der Waals surface area (Å²) in [6.07, 6.45) is 0. The Hall–Kier alpha value is -2.95. The van der Waals surface area contributed by atoms with Gasteiger partial charge in [-0.2, -0.15) is 0 Å². The van der Waals surface area contributed by atoms with Gasteiger partial charge in [-0.25, -0.2) is 0 Å². The Balaban J connectivity index is 1.82. The summed E-state index contributed by atoms with van der Waals surface area (Å²) in [7, 11) is 0. The molecular weight excluding hydrogens is 330 g/mol. The lowest BCUT2D eigenvalue weighted by Gasteiger charge is -2.08. The summed E-state index contributed by atoms with van der Waals surface area (Å²) in [5.41, 5.74) is 5.16. The molecule has 0 aliphatic carbocycles. The highest BCUT2D eigenvalue weighted by Gasteiger charge is 2.13. The van der Waals surface area contributed by atoms with Crippen LogP contribution in [0.15, 0.2) is 36.4 Å². The van der Waals surface area contributed by atoms with Gasteiger partial charge in [-0.1, -0.05) is 18.2 Å². The highest BCUT2D eigenvalue weighted by molar-refractivity contribution is 5.99. The van der Waals surface area contributed by atoms with Gasteiger partial charge in [0.2, 0.25) is 0 Å². The largest absolute Gasteiger partial charge is 0.456 e. The van der Waals surface area contributed by atoms with E-state index < -0.39 is 5.97 Å². The fourth-order valence-corrected chi connectivity index (χ4v) is 2.33. The molecule has 1 amide bonds. The normalized spacial score (nSPS) is 10.3. The molecule has 0 radical (unpaired) electrons. The maximum Gasteiger partial charge on any atom is 0.325 e. The SMILES string of the molecule is Cc1ccc(C(=O)COC(=O)CNC(=O)c2ccc(C)c(C)c2)cc1C. The zero-order valence-electron chi connectivity index (χ0n) is 15.5. The number of Topliss-reactive ketones (excluding diaryl/α,β-unsaturated/α-hetero) is 1. The molecule has 0 atom stereocenters. The summed E-state index contributed by atoms with van der Waals surface area (Å²) in [6.45, 7) is 7.12. The smallest absolute Gasteiger partial charge is 0.325 e. The highest BCUT2D eigenvalue weighted by Crippen LogP contribution is 2.11. The first-order chi connectivity index (χ1) is 12.3. The second-order valence-electron chi connectivity index (χ2n) is 6.36. The summed E-state index contributed by atoms with van der Waals surface area (Å²) in [5.74, 6) is -1.29. The first-order valence-electron chi connectivity index (χ1n) is 8.39. The zero-order chi connectivity index (χ0) is 19.3. The number of rotatable bonds is 6. The van der Waals surface area contributed by atoms with Gasteiger partial charge in [0.05, 0.1) is 0 Å². The number of amides is 1. The lowest BCUT2D eigenvalue weighted by Crippen LogP contribution is -2.31. The molecule has 0 unspecified atom stereocenters. The van der Waals surface area contributed by atoms with Gasteiger partial charge in [0.15, 0.2) is 12.4 Å². The summed E-state index contributed by atoms with van der Waals surface area (Å²) in [5, 5.41) is 2.50. The van der Waals surface area contributed by atoms with E-state index in [9.17, 15) is 14.4 Å². The quantitative estimate of drug-likeness (QED) is 0.640. The van der Waals surface area contributed by atoms with E-state index >= 15 is 0 Å². The van der Waals surface area contributed by atoms with Gasteiger partial charge in [-0.05, 0) is 68.1 Å². The van der Waals surface area contributed by atoms with Gasteiger partial charge in [0, 0.05) is 11.1 Å². The van der Waals surface area contributed by atoms with Gasteiger partial charge in [-0.3, -0.25) is 14.4 Å². The molecule has 5 nitrogen and oxygen atoms in total. The highest BCUT2D eigenvalue weighted by atomic mass is 16.5. The van der Waals surface area contributed by atoms with Crippen molar-refractivity contribution in [3.05, 3.63) is 69.8 Å². The third-order valence-corrected chi connectivity index (χ3v) is 4.36. The van der Waals surface area contributed by atoms with Crippen LogP contribution in [0.1, 0.15) is 43.0 Å². The maximum absolute atomic E-state index is 12.1. The van der Waals surface area contributed by atoms with Gasteiger partial charge < -0.3 is 10.1 Å². The molecule has 0 aliphatic heterocycles. The van der Waals surface area contributed by atoms with E-state index in [4.69, 9.17) is 4.74 Å². The van der Waals surface area contributed by atoms with Crippen molar-refractivity contribution in [1.82, 2.24) is 5.32 Å². The van der Waals surface area contributed by atoms with Crippen LogP contribution < -0.4 is 5.32 Å². The monoisotopic (exact) mass is 353 g/mol. The Kier molecular flexibility index (Phi) is 6.28. The lowest BCUT2D eigenvalue weighted by atomic mass is 10.0. The van der Waals surface area contributed by atoms with Crippen LogP contribution in [0.25, 0.3) is 0 Å². The van der Waals surface area contributed by atoms with E-state index in [1.807, 2.05) is 39.8 Å². The number of esters is 1. The Morgan fingerprint density at radius 2 is 1.35 bits per heavy atom. The predicted molar refractivity (Wildman–Crippen MR) is 99.5 cm³/mol. The van der Waals surface area contributed by atoms with Crippen molar-refractivity contribution in [2.75, 3.05) is 13.2 Å². The van der Waals surface area contributed by atoms with E-state index in [1.54, 1.807) is 24.3 Å². The number of carbonyl (C=O) groups excluding carboxylic acids is 3. The molecule has 0 bridgehead atoms. The number of aryl methyl sites for hydroxylation is 4. The van der Waals surface area contributed by atoms with Crippen molar-refractivity contribution >= 4 is 17.7 Å². The van der Waals surface area contributed by atoms with Gasteiger partial charge >= 0.3 is 5.97 Å². The Bertz CT molecular complexity index is 786. The molecule has 1 N–H and O–H groups in total. The second-order valence-corrected chi connectivity index (χ2v) is 6.36.